The third-order valence-corrected chi connectivity index (χ3v) is 3.53. The number of hydrogen-bond acceptors (Lipinski definition) is 4. The molecule has 0 saturated carbocycles. The third-order valence-electron chi connectivity index (χ3n) is 3.26. The standard InChI is InChI=1S/C16H14ClN3O3/c17-16-11(20-8-2-1-5-14(20)19-16)6-7-15(22)18-10-12(21)13-4-3-9-23-13/h1-9,12,21H,10H2,(H,18,22)/b7-6+. The summed E-state index contributed by atoms with van der Waals surface area (Å²) in [6.07, 6.45) is 5.31. The normalized spacial score (nSPS) is 12.8. The zero-order valence-electron chi connectivity index (χ0n) is 12.0. The molecule has 2 N–H and O–H groups in total. The fourth-order valence-electron chi connectivity index (χ4n) is 2.13. The molecule has 0 aliphatic heterocycles. The van der Waals surface area contributed by atoms with Gasteiger partial charge in [0.1, 0.15) is 17.5 Å². The molecule has 1 atom stereocenters. The van der Waals surface area contributed by atoms with Crippen LogP contribution < -0.4 is 5.32 Å². The molecule has 0 aliphatic rings. The Hall–Kier alpha value is -2.57. The summed E-state index contributed by atoms with van der Waals surface area (Å²) in [6, 6.07) is 8.85. The van der Waals surface area contributed by atoms with Crippen molar-refractivity contribution in [1.82, 2.24) is 14.7 Å². The average molecular weight is 332 g/mol. The van der Waals surface area contributed by atoms with Crippen LogP contribution in [-0.2, 0) is 4.79 Å². The molecule has 0 saturated heterocycles. The van der Waals surface area contributed by atoms with Crippen LogP contribution in [0.2, 0.25) is 5.15 Å². The smallest absolute Gasteiger partial charge is 0.244 e. The second-order valence-electron chi connectivity index (χ2n) is 4.83. The lowest BCUT2D eigenvalue weighted by Crippen LogP contribution is -2.26. The van der Waals surface area contributed by atoms with Crippen LogP contribution in [-0.4, -0.2) is 26.9 Å². The number of imidazole rings is 1. The predicted molar refractivity (Wildman–Crippen MR) is 85.9 cm³/mol. The Bertz CT molecular complexity index is 840. The average Bonchev–Trinajstić information content (AvgIpc) is 3.18. The SMILES string of the molecule is O=C(/C=C/c1c(Cl)nc2ccccn12)NCC(O)c1ccco1. The summed E-state index contributed by atoms with van der Waals surface area (Å²) < 4.78 is 6.84. The van der Waals surface area contributed by atoms with Gasteiger partial charge in [-0.05, 0) is 30.3 Å². The van der Waals surface area contributed by atoms with Crippen LogP contribution in [0.3, 0.4) is 0 Å². The van der Waals surface area contributed by atoms with Crippen LogP contribution in [0.25, 0.3) is 11.7 Å². The van der Waals surface area contributed by atoms with Gasteiger partial charge in [-0.1, -0.05) is 17.7 Å². The van der Waals surface area contributed by atoms with Crippen molar-refractivity contribution in [2.75, 3.05) is 6.54 Å². The molecule has 0 bridgehead atoms. The Balaban J connectivity index is 1.65. The van der Waals surface area contributed by atoms with Gasteiger partial charge in [0.25, 0.3) is 0 Å². The first-order valence-corrected chi connectivity index (χ1v) is 7.33. The molecule has 0 radical (unpaired) electrons. The summed E-state index contributed by atoms with van der Waals surface area (Å²) in [5, 5.41) is 12.7. The van der Waals surface area contributed by atoms with E-state index in [1.807, 2.05) is 24.4 Å². The van der Waals surface area contributed by atoms with E-state index in [1.54, 1.807) is 22.6 Å². The highest BCUT2D eigenvalue weighted by Gasteiger charge is 2.11. The predicted octanol–water partition coefficient (Wildman–Crippen LogP) is 2.44. The Kier molecular flexibility index (Phi) is 4.45. The van der Waals surface area contributed by atoms with Gasteiger partial charge in [-0.25, -0.2) is 4.98 Å². The fourth-order valence-corrected chi connectivity index (χ4v) is 2.37. The van der Waals surface area contributed by atoms with E-state index in [0.717, 1.165) is 0 Å². The molecular weight excluding hydrogens is 318 g/mol. The first kappa shape index (κ1) is 15.3. The topological polar surface area (TPSA) is 79.8 Å². The van der Waals surface area contributed by atoms with E-state index >= 15 is 0 Å². The molecule has 3 rings (SSSR count). The zero-order chi connectivity index (χ0) is 16.2. The molecular formula is C16H14ClN3O3. The number of carbonyl (C=O) groups is 1. The molecule has 118 valence electrons. The summed E-state index contributed by atoms with van der Waals surface area (Å²) in [6.45, 7) is 0.0531. The van der Waals surface area contributed by atoms with E-state index in [-0.39, 0.29) is 12.5 Å². The van der Waals surface area contributed by atoms with Gasteiger partial charge >= 0.3 is 0 Å². The van der Waals surface area contributed by atoms with Crippen molar-refractivity contribution >= 4 is 29.2 Å². The maximum Gasteiger partial charge on any atom is 0.244 e. The molecule has 7 heteroatoms. The highest BCUT2D eigenvalue weighted by Crippen LogP contribution is 2.18. The van der Waals surface area contributed by atoms with E-state index in [2.05, 4.69) is 10.3 Å². The van der Waals surface area contributed by atoms with E-state index in [0.29, 0.717) is 22.3 Å². The number of carbonyl (C=O) groups excluding carboxylic acids is 1. The van der Waals surface area contributed by atoms with Crippen molar-refractivity contribution in [2.24, 2.45) is 0 Å². The lowest BCUT2D eigenvalue weighted by Gasteiger charge is -2.07. The molecule has 0 fully saturated rings. The quantitative estimate of drug-likeness (QED) is 0.704. The Morgan fingerprint density at radius 3 is 3.09 bits per heavy atom. The largest absolute Gasteiger partial charge is 0.467 e. The number of rotatable bonds is 5. The van der Waals surface area contributed by atoms with Gasteiger partial charge in [0, 0.05) is 12.3 Å². The van der Waals surface area contributed by atoms with E-state index in [9.17, 15) is 9.90 Å². The van der Waals surface area contributed by atoms with Crippen molar-refractivity contribution in [3.63, 3.8) is 0 Å². The van der Waals surface area contributed by atoms with Gasteiger partial charge in [0.05, 0.1) is 18.5 Å². The number of halogens is 1. The Morgan fingerprint density at radius 1 is 1.43 bits per heavy atom. The monoisotopic (exact) mass is 331 g/mol. The number of hydrogen-bond donors (Lipinski definition) is 2. The first-order valence-electron chi connectivity index (χ1n) is 6.95. The number of aliphatic hydroxyl groups excluding tert-OH is 1. The minimum atomic E-state index is -0.887. The van der Waals surface area contributed by atoms with Crippen molar-refractivity contribution in [3.8, 4) is 0 Å². The van der Waals surface area contributed by atoms with Crippen LogP contribution >= 0.6 is 11.6 Å². The maximum absolute atomic E-state index is 11.8. The summed E-state index contributed by atoms with van der Waals surface area (Å²) in [5.41, 5.74) is 1.31. The lowest BCUT2D eigenvalue weighted by atomic mass is 10.2. The lowest BCUT2D eigenvalue weighted by molar-refractivity contribution is -0.116. The van der Waals surface area contributed by atoms with E-state index in [1.165, 1.54) is 12.3 Å². The van der Waals surface area contributed by atoms with E-state index < -0.39 is 6.10 Å². The number of aromatic nitrogens is 2. The van der Waals surface area contributed by atoms with E-state index in [4.69, 9.17) is 16.0 Å². The van der Waals surface area contributed by atoms with Crippen LogP contribution in [0.15, 0.2) is 53.3 Å². The van der Waals surface area contributed by atoms with Gasteiger partial charge in [-0.3, -0.25) is 9.20 Å². The minimum absolute atomic E-state index is 0.0531. The van der Waals surface area contributed by atoms with Crippen LogP contribution in [0.5, 0.6) is 0 Å². The highest BCUT2D eigenvalue weighted by atomic mass is 35.5. The second-order valence-corrected chi connectivity index (χ2v) is 5.18. The number of furan rings is 1. The Morgan fingerprint density at radius 2 is 2.30 bits per heavy atom. The molecule has 3 aromatic heterocycles. The Labute approximate surface area is 137 Å². The van der Waals surface area contributed by atoms with Crippen LogP contribution in [0.4, 0.5) is 0 Å². The van der Waals surface area contributed by atoms with Gasteiger partial charge in [0.2, 0.25) is 5.91 Å². The van der Waals surface area contributed by atoms with Gasteiger partial charge in [0.15, 0.2) is 5.15 Å². The number of nitrogens with one attached hydrogen (secondary N) is 1. The number of nitrogens with zero attached hydrogens (tertiary/aromatic N) is 2. The summed E-state index contributed by atoms with van der Waals surface area (Å²) >= 11 is 6.08. The molecule has 23 heavy (non-hydrogen) atoms. The van der Waals surface area contributed by atoms with Crippen molar-refractivity contribution in [3.05, 3.63) is 65.5 Å². The van der Waals surface area contributed by atoms with Crippen LogP contribution in [0, 0.1) is 0 Å². The molecule has 3 heterocycles. The number of pyridine rings is 1. The number of aliphatic hydroxyl groups is 1. The molecule has 3 aromatic rings. The van der Waals surface area contributed by atoms with Crippen LogP contribution in [0.1, 0.15) is 17.6 Å². The fraction of sp³-hybridized carbons (Fsp3) is 0.125. The highest BCUT2D eigenvalue weighted by molar-refractivity contribution is 6.31. The maximum atomic E-state index is 11.8. The number of fused-ring (bicyclic) bond motifs is 1. The van der Waals surface area contributed by atoms with Gasteiger partial charge in [-0.15, -0.1) is 0 Å². The summed E-state index contributed by atoms with van der Waals surface area (Å²) in [4.78, 5) is 16.0. The first-order chi connectivity index (χ1) is 11.1. The summed E-state index contributed by atoms with van der Waals surface area (Å²) in [7, 11) is 0. The van der Waals surface area contributed by atoms with Gasteiger partial charge < -0.3 is 14.8 Å². The minimum Gasteiger partial charge on any atom is -0.467 e. The number of amides is 1. The third kappa shape index (κ3) is 3.44. The molecule has 1 unspecified atom stereocenters. The summed E-state index contributed by atoms with van der Waals surface area (Å²) in [5.74, 6) is 0.0525. The molecule has 1 amide bonds. The molecule has 0 aliphatic carbocycles. The van der Waals surface area contributed by atoms with Crippen molar-refractivity contribution < 1.29 is 14.3 Å². The molecule has 6 nitrogen and oxygen atoms in total. The van der Waals surface area contributed by atoms with Crippen molar-refractivity contribution in [1.29, 1.82) is 0 Å². The zero-order valence-corrected chi connectivity index (χ0v) is 12.8. The molecule has 0 aromatic carbocycles. The molecule has 0 spiro atoms. The van der Waals surface area contributed by atoms with Crippen molar-refractivity contribution in [2.45, 2.75) is 6.10 Å². The second kappa shape index (κ2) is 6.68. The van der Waals surface area contributed by atoms with Gasteiger partial charge in [-0.2, -0.15) is 0 Å².